The van der Waals surface area contributed by atoms with Gasteiger partial charge in [-0.3, -0.25) is 14.5 Å². The number of para-hydroxylation sites is 2. The second-order valence-corrected chi connectivity index (χ2v) is 8.22. The van der Waals surface area contributed by atoms with Crippen LogP contribution in [0.1, 0.15) is 44.6 Å². The van der Waals surface area contributed by atoms with E-state index in [-0.39, 0.29) is 17.7 Å². The minimum absolute atomic E-state index is 0.00926. The number of hydrogen-bond acceptors (Lipinski definition) is 4. The average Bonchev–Trinajstić information content (AvgIpc) is 2.79. The first-order chi connectivity index (χ1) is 15.0. The molecule has 1 atom stereocenters. The zero-order valence-electron chi connectivity index (χ0n) is 18.7. The van der Waals surface area contributed by atoms with Crippen molar-refractivity contribution >= 4 is 23.2 Å². The number of hydrogen-bond donors (Lipinski definition) is 2. The Balaban J connectivity index is 1.44. The fourth-order valence-electron chi connectivity index (χ4n) is 3.87. The fraction of sp³-hybridized carbons (Fsp3) is 0.440. The Morgan fingerprint density at radius 3 is 2.39 bits per heavy atom. The summed E-state index contributed by atoms with van der Waals surface area (Å²) in [6, 6.07) is 15.5. The molecule has 2 N–H and O–H groups in total. The number of nitrogens with one attached hydrogen (secondary N) is 2. The summed E-state index contributed by atoms with van der Waals surface area (Å²) in [5.74, 6) is 1.11. The molecule has 0 aromatic heterocycles. The molecule has 0 saturated carbocycles. The molecular formula is C25H33N3O3. The number of carbonyl (C=O) groups excluding carboxylic acids is 2. The van der Waals surface area contributed by atoms with Gasteiger partial charge in [0.1, 0.15) is 5.75 Å². The van der Waals surface area contributed by atoms with Gasteiger partial charge in [-0.1, -0.05) is 38.1 Å². The molecule has 1 aliphatic rings. The molecule has 1 saturated heterocycles. The van der Waals surface area contributed by atoms with Crippen LogP contribution < -0.4 is 15.4 Å². The molecule has 166 valence electrons. The predicted molar refractivity (Wildman–Crippen MR) is 125 cm³/mol. The van der Waals surface area contributed by atoms with Crippen molar-refractivity contribution in [3.63, 3.8) is 0 Å². The van der Waals surface area contributed by atoms with E-state index in [9.17, 15) is 9.59 Å². The largest absolute Gasteiger partial charge is 0.495 e. The van der Waals surface area contributed by atoms with E-state index in [1.165, 1.54) is 5.56 Å². The van der Waals surface area contributed by atoms with Crippen molar-refractivity contribution in [3.8, 4) is 5.75 Å². The Hall–Kier alpha value is -2.86. The molecule has 0 spiro atoms. The lowest BCUT2D eigenvalue weighted by atomic mass is 9.95. The van der Waals surface area contributed by atoms with Crippen molar-refractivity contribution in [2.75, 3.05) is 37.4 Å². The molecule has 6 heteroatoms. The molecule has 1 unspecified atom stereocenters. The Bertz CT molecular complexity index is 874. The smallest absolute Gasteiger partial charge is 0.238 e. The number of amides is 2. The Kier molecular flexibility index (Phi) is 8.06. The first-order valence-corrected chi connectivity index (χ1v) is 11.1. The molecule has 2 aromatic rings. The lowest BCUT2D eigenvalue weighted by Crippen LogP contribution is -2.41. The normalized spacial score (nSPS) is 15.8. The molecule has 0 aliphatic carbocycles. The number of methoxy groups -OCH3 is 1. The molecule has 1 fully saturated rings. The maximum absolute atomic E-state index is 12.6. The van der Waals surface area contributed by atoms with Gasteiger partial charge in [-0.05, 0) is 68.1 Å². The maximum atomic E-state index is 12.6. The van der Waals surface area contributed by atoms with Crippen molar-refractivity contribution in [2.45, 2.75) is 39.0 Å². The number of benzene rings is 2. The highest BCUT2D eigenvalue weighted by atomic mass is 16.5. The fourth-order valence-corrected chi connectivity index (χ4v) is 3.87. The van der Waals surface area contributed by atoms with Crippen molar-refractivity contribution in [1.29, 1.82) is 0 Å². The van der Waals surface area contributed by atoms with Gasteiger partial charge in [-0.2, -0.15) is 0 Å². The molecule has 31 heavy (non-hydrogen) atoms. The molecule has 1 heterocycles. The van der Waals surface area contributed by atoms with Crippen LogP contribution in [0.5, 0.6) is 5.75 Å². The summed E-state index contributed by atoms with van der Waals surface area (Å²) in [6.45, 7) is 6.17. The Labute approximate surface area is 185 Å². The highest BCUT2D eigenvalue weighted by molar-refractivity contribution is 5.94. The zero-order chi connectivity index (χ0) is 22.2. The van der Waals surface area contributed by atoms with Crippen LogP contribution in [0.25, 0.3) is 0 Å². The lowest BCUT2D eigenvalue weighted by molar-refractivity contribution is -0.121. The number of nitrogens with zero attached hydrogens (tertiary/aromatic N) is 1. The van der Waals surface area contributed by atoms with E-state index >= 15 is 0 Å². The van der Waals surface area contributed by atoms with Crippen molar-refractivity contribution < 1.29 is 14.3 Å². The summed E-state index contributed by atoms with van der Waals surface area (Å²) in [5, 5.41) is 5.95. The van der Waals surface area contributed by atoms with Gasteiger partial charge in [-0.25, -0.2) is 0 Å². The van der Waals surface area contributed by atoms with E-state index in [1.807, 2.05) is 36.4 Å². The molecule has 0 radical (unpaired) electrons. The molecular weight excluding hydrogens is 390 g/mol. The SMILES string of the molecule is CCC(C)c1ccc(NC(=O)CN2CCC(C(=O)Nc3ccccc3OC)CC2)cc1. The van der Waals surface area contributed by atoms with Gasteiger partial charge in [0.2, 0.25) is 11.8 Å². The first kappa shape index (κ1) is 22.8. The van der Waals surface area contributed by atoms with Gasteiger partial charge in [0.15, 0.2) is 0 Å². The highest BCUT2D eigenvalue weighted by Crippen LogP contribution is 2.26. The zero-order valence-corrected chi connectivity index (χ0v) is 18.7. The van der Waals surface area contributed by atoms with Crippen LogP contribution >= 0.6 is 0 Å². The number of piperidine rings is 1. The van der Waals surface area contributed by atoms with E-state index in [4.69, 9.17) is 4.74 Å². The summed E-state index contributed by atoms with van der Waals surface area (Å²) >= 11 is 0. The molecule has 0 bridgehead atoms. The molecule has 2 aromatic carbocycles. The summed E-state index contributed by atoms with van der Waals surface area (Å²) in [7, 11) is 1.59. The number of likely N-dealkylation sites (tertiary alicyclic amines) is 1. The third kappa shape index (κ3) is 6.31. The topological polar surface area (TPSA) is 70.7 Å². The van der Waals surface area contributed by atoms with Crippen LogP contribution in [0.3, 0.4) is 0 Å². The first-order valence-electron chi connectivity index (χ1n) is 11.1. The lowest BCUT2D eigenvalue weighted by Gasteiger charge is -2.30. The van der Waals surface area contributed by atoms with Crippen LogP contribution in [-0.4, -0.2) is 43.5 Å². The minimum Gasteiger partial charge on any atom is -0.495 e. The second-order valence-electron chi connectivity index (χ2n) is 8.22. The van der Waals surface area contributed by atoms with Gasteiger partial charge in [0.05, 0.1) is 19.3 Å². The summed E-state index contributed by atoms with van der Waals surface area (Å²) in [4.78, 5) is 27.2. The maximum Gasteiger partial charge on any atom is 0.238 e. The van der Waals surface area contributed by atoms with E-state index in [0.29, 0.717) is 23.9 Å². The van der Waals surface area contributed by atoms with Gasteiger partial charge >= 0.3 is 0 Å². The average molecular weight is 424 g/mol. The van der Waals surface area contributed by atoms with Gasteiger partial charge < -0.3 is 15.4 Å². The Morgan fingerprint density at radius 1 is 1.06 bits per heavy atom. The molecule has 6 nitrogen and oxygen atoms in total. The van der Waals surface area contributed by atoms with Gasteiger partial charge in [0.25, 0.3) is 0 Å². The Morgan fingerprint density at radius 2 is 1.74 bits per heavy atom. The number of carbonyl (C=O) groups is 2. The second kappa shape index (κ2) is 11.0. The standard InChI is InChI=1S/C25H33N3O3/c1-4-18(2)19-9-11-21(12-10-19)26-24(29)17-28-15-13-20(14-16-28)25(30)27-22-7-5-6-8-23(22)31-3/h5-12,18,20H,4,13-17H2,1-3H3,(H,26,29)(H,27,30). The van der Waals surface area contributed by atoms with Gasteiger partial charge in [-0.15, -0.1) is 0 Å². The number of anilines is 2. The van der Waals surface area contributed by atoms with Crippen LogP contribution in [0.2, 0.25) is 0 Å². The summed E-state index contributed by atoms with van der Waals surface area (Å²) < 4.78 is 5.30. The van der Waals surface area contributed by atoms with Crippen LogP contribution in [0.15, 0.2) is 48.5 Å². The van der Waals surface area contributed by atoms with Crippen molar-refractivity contribution in [2.24, 2.45) is 5.92 Å². The van der Waals surface area contributed by atoms with Crippen LogP contribution in [0, 0.1) is 5.92 Å². The highest BCUT2D eigenvalue weighted by Gasteiger charge is 2.26. The van der Waals surface area contributed by atoms with Crippen molar-refractivity contribution in [1.82, 2.24) is 4.90 Å². The quantitative estimate of drug-likeness (QED) is 0.656. The van der Waals surface area contributed by atoms with Crippen molar-refractivity contribution in [3.05, 3.63) is 54.1 Å². The van der Waals surface area contributed by atoms with E-state index in [1.54, 1.807) is 7.11 Å². The van der Waals surface area contributed by atoms with Gasteiger partial charge in [0, 0.05) is 11.6 Å². The number of rotatable bonds is 8. The third-order valence-corrected chi connectivity index (χ3v) is 6.07. The predicted octanol–water partition coefficient (Wildman–Crippen LogP) is 4.50. The van der Waals surface area contributed by atoms with Crippen LogP contribution in [-0.2, 0) is 9.59 Å². The van der Waals surface area contributed by atoms with E-state index in [0.717, 1.165) is 38.0 Å². The van der Waals surface area contributed by atoms with E-state index < -0.39 is 0 Å². The number of ether oxygens (including phenoxy) is 1. The summed E-state index contributed by atoms with van der Waals surface area (Å²) in [6.07, 6.45) is 2.56. The molecule has 2 amide bonds. The van der Waals surface area contributed by atoms with E-state index in [2.05, 4.69) is 41.5 Å². The third-order valence-electron chi connectivity index (χ3n) is 6.07. The minimum atomic E-state index is -0.0580. The molecule has 3 rings (SSSR count). The summed E-state index contributed by atoms with van der Waals surface area (Å²) in [5.41, 5.74) is 2.80. The monoisotopic (exact) mass is 423 g/mol. The van der Waals surface area contributed by atoms with Crippen LogP contribution in [0.4, 0.5) is 11.4 Å². The molecule has 1 aliphatic heterocycles.